The summed E-state index contributed by atoms with van der Waals surface area (Å²) in [4.78, 5) is 0. The first-order valence-corrected chi connectivity index (χ1v) is 7.06. The lowest BCUT2D eigenvalue weighted by Gasteiger charge is -2.15. The van der Waals surface area contributed by atoms with E-state index in [1.54, 1.807) is 0 Å². The molecule has 0 aliphatic heterocycles. The van der Waals surface area contributed by atoms with Crippen molar-refractivity contribution >= 4 is 22.6 Å². The van der Waals surface area contributed by atoms with Gasteiger partial charge in [0.1, 0.15) is 5.58 Å². The van der Waals surface area contributed by atoms with Gasteiger partial charge in [-0.1, -0.05) is 48.0 Å². The summed E-state index contributed by atoms with van der Waals surface area (Å²) in [5.41, 5.74) is 3.20. The van der Waals surface area contributed by atoms with Crippen molar-refractivity contribution in [3.8, 4) is 0 Å². The van der Waals surface area contributed by atoms with E-state index in [2.05, 4.69) is 18.3 Å². The zero-order valence-electron chi connectivity index (χ0n) is 11.3. The van der Waals surface area contributed by atoms with Crippen LogP contribution in [0.2, 0.25) is 5.02 Å². The Balaban J connectivity index is 1.75. The number of furan rings is 1. The van der Waals surface area contributed by atoms with Gasteiger partial charge in [0.25, 0.3) is 0 Å². The summed E-state index contributed by atoms with van der Waals surface area (Å²) in [6.45, 7) is 2.87. The first kappa shape index (κ1) is 13.2. The van der Waals surface area contributed by atoms with Crippen LogP contribution < -0.4 is 5.32 Å². The van der Waals surface area contributed by atoms with Crippen molar-refractivity contribution in [2.45, 2.75) is 19.5 Å². The fourth-order valence-electron chi connectivity index (χ4n) is 2.37. The number of rotatable bonds is 4. The van der Waals surface area contributed by atoms with E-state index in [1.807, 2.05) is 48.7 Å². The molecule has 0 saturated carbocycles. The molecule has 0 radical (unpaired) electrons. The van der Waals surface area contributed by atoms with Crippen LogP contribution in [0.25, 0.3) is 11.0 Å². The van der Waals surface area contributed by atoms with Gasteiger partial charge in [0, 0.05) is 28.6 Å². The third-order valence-corrected chi connectivity index (χ3v) is 3.88. The highest BCUT2D eigenvalue weighted by Crippen LogP contribution is 2.24. The summed E-state index contributed by atoms with van der Waals surface area (Å²) in [6.07, 6.45) is 1.82. The molecule has 3 aromatic rings. The standard InChI is InChI=1S/C17H16ClNO/c1-12(14-6-2-4-8-16(14)18)19-10-13-11-20-17-9-5-3-7-15(13)17/h2-9,11-12,19H,10H2,1H3/t12-/m0/s1. The number of fused-ring (bicyclic) bond motifs is 1. The number of hydrogen-bond acceptors (Lipinski definition) is 2. The average molecular weight is 286 g/mol. The molecule has 102 valence electrons. The normalized spacial score (nSPS) is 12.7. The zero-order chi connectivity index (χ0) is 13.9. The number of halogens is 1. The predicted molar refractivity (Wildman–Crippen MR) is 82.9 cm³/mol. The molecule has 0 aliphatic rings. The molecule has 1 aromatic heterocycles. The molecule has 3 heteroatoms. The molecule has 3 rings (SSSR count). The van der Waals surface area contributed by atoms with Crippen LogP contribution in [0.3, 0.4) is 0 Å². The van der Waals surface area contributed by atoms with E-state index in [4.69, 9.17) is 16.0 Å². The molecule has 1 heterocycles. The molecule has 1 N–H and O–H groups in total. The lowest BCUT2D eigenvalue weighted by Crippen LogP contribution is -2.18. The number of hydrogen-bond donors (Lipinski definition) is 1. The third kappa shape index (κ3) is 2.58. The van der Waals surface area contributed by atoms with Gasteiger partial charge in [0.2, 0.25) is 0 Å². The van der Waals surface area contributed by atoms with Crippen molar-refractivity contribution in [3.05, 3.63) is 70.9 Å². The van der Waals surface area contributed by atoms with Crippen molar-refractivity contribution < 1.29 is 4.42 Å². The molecule has 0 bridgehead atoms. The Morgan fingerprint density at radius 3 is 2.70 bits per heavy atom. The van der Waals surface area contributed by atoms with Gasteiger partial charge in [-0.2, -0.15) is 0 Å². The monoisotopic (exact) mass is 285 g/mol. The van der Waals surface area contributed by atoms with E-state index in [-0.39, 0.29) is 6.04 Å². The molecule has 0 unspecified atom stereocenters. The first-order valence-electron chi connectivity index (χ1n) is 6.68. The van der Waals surface area contributed by atoms with Crippen LogP contribution in [0.4, 0.5) is 0 Å². The van der Waals surface area contributed by atoms with Crippen LogP contribution in [0, 0.1) is 0 Å². The molecule has 1 atom stereocenters. The van der Waals surface area contributed by atoms with E-state index in [1.165, 1.54) is 5.56 Å². The number of benzene rings is 2. The van der Waals surface area contributed by atoms with Crippen molar-refractivity contribution in [3.63, 3.8) is 0 Å². The van der Waals surface area contributed by atoms with Crippen LogP contribution >= 0.6 is 11.6 Å². The molecular formula is C17H16ClNO. The van der Waals surface area contributed by atoms with Crippen LogP contribution in [-0.4, -0.2) is 0 Å². The van der Waals surface area contributed by atoms with Crippen LogP contribution in [0.5, 0.6) is 0 Å². The molecule has 0 saturated heterocycles. The van der Waals surface area contributed by atoms with E-state index < -0.39 is 0 Å². The van der Waals surface area contributed by atoms with E-state index in [0.29, 0.717) is 0 Å². The number of para-hydroxylation sites is 1. The van der Waals surface area contributed by atoms with Gasteiger partial charge in [-0.25, -0.2) is 0 Å². The van der Waals surface area contributed by atoms with Gasteiger partial charge in [0.05, 0.1) is 6.26 Å². The largest absolute Gasteiger partial charge is 0.464 e. The van der Waals surface area contributed by atoms with Crippen molar-refractivity contribution in [2.75, 3.05) is 0 Å². The fraction of sp³-hybridized carbons (Fsp3) is 0.176. The van der Waals surface area contributed by atoms with Crippen LogP contribution in [-0.2, 0) is 6.54 Å². The van der Waals surface area contributed by atoms with Crippen LogP contribution in [0.1, 0.15) is 24.1 Å². The highest BCUT2D eigenvalue weighted by Gasteiger charge is 2.10. The Labute approximate surface area is 123 Å². The minimum atomic E-state index is 0.192. The summed E-state index contributed by atoms with van der Waals surface area (Å²) in [6, 6.07) is 16.2. The predicted octanol–water partition coefficient (Wildman–Crippen LogP) is 4.94. The third-order valence-electron chi connectivity index (χ3n) is 3.53. The molecule has 0 amide bonds. The Kier molecular flexibility index (Phi) is 3.77. The van der Waals surface area contributed by atoms with E-state index in [9.17, 15) is 0 Å². The highest BCUT2D eigenvalue weighted by molar-refractivity contribution is 6.31. The molecule has 2 aromatic carbocycles. The Bertz CT molecular complexity index is 720. The maximum Gasteiger partial charge on any atom is 0.134 e. The van der Waals surface area contributed by atoms with Gasteiger partial charge in [-0.3, -0.25) is 0 Å². The fourth-order valence-corrected chi connectivity index (χ4v) is 2.67. The summed E-state index contributed by atoms with van der Waals surface area (Å²) in [5, 5.41) is 5.44. The maximum atomic E-state index is 6.22. The average Bonchev–Trinajstić information content (AvgIpc) is 2.88. The maximum absolute atomic E-state index is 6.22. The molecule has 0 fully saturated rings. The summed E-state index contributed by atoms with van der Waals surface area (Å²) in [7, 11) is 0. The Morgan fingerprint density at radius 2 is 1.85 bits per heavy atom. The smallest absolute Gasteiger partial charge is 0.134 e. The first-order chi connectivity index (χ1) is 9.75. The van der Waals surface area contributed by atoms with E-state index >= 15 is 0 Å². The SMILES string of the molecule is C[C@H](NCc1coc2ccccc12)c1ccccc1Cl. The van der Waals surface area contributed by atoms with Gasteiger partial charge in [-0.15, -0.1) is 0 Å². The topological polar surface area (TPSA) is 25.2 Å². The van der Waals surface area contributed by atoms with Crippen LogP contribution in [0.15, 0.2) is 59.2 Å². The van der Waals surface area contributed by atoms with Crippen molar-refractivity contribution in [1.82, 2.24) is 5.32 Å². The van der Waals surface area contributed by atoms with Crippen molar-refractivity contribution in [2.24, 2.45) is 0 Å². The minimum Gasteiger partial charge on any atom is -0.464 e. The summed E-state index contributed by atoms with van der Waals surface area (Å²) in [5.74, 6) is 0. The van der Waals surface area contributed by atoms with E-state index in [0.717, 1.165) is 28.1 Å². The molecule has 2 nitrogen and oxygen atoms in total. The second kappa shape index (κ2) is 5.70. The Hall–Kier alpha value is -1.77. The minimum absolute atomic E-state index is 0.192. The quantitative estimate of drug-likeness (QED) is 0.735. The second-order valence-corrected chi connectivity index (χ2v) is 5.29. The Morgan fingerprint density at radius 1 is 1.10 bits per heavy atom. The molecule has 0 spiro atoms. The summed E-state index contributed by atoms with van der Waals surface area (Å²) < 4.78 is 5.54. The lowest BCUT2D eigenvalue weighted by atomic mass is 10.1. The second-order valence-electron chi connectivity index (χ2n) is 4.88. The highest BCUT2D eigenvalue weighted by atomic mass is 35.5. The van der Waals surface area contributed by atoms with Crippen molar-refractivity contribution in [1.29, 1.82) is 0 Å². The molecule has 0 aliphatic carbocycles. The van der Waals surface area contributed by atoms with Gasteiger partial charge in [-0.05, 0) is 24.6 Å². The summed E-state index contributed by atoms with van der Waals surface area (Å²) >= 11 is 6.22. The lowest BCUT2D eigenvalue weighted by molar-refractivity contribution is 0.562. The van der Waals surface area contributed by atoms with Gasteiger partial charge >= 0.3 is 0 Å². The molecular weight excluding hydrogens is 270 g/mol. The zero-order valence-corrected chi connectivity index (χ0v) is 12.0. The number of nitrogens with one attached hydrogen (secondary N) is 1. The van der Waals surface area contributed by atoms with Gasteiger partial charge in [0.15, 0.2) is 0 Å². The van der Waals surface area contributed by atoms with Gasteiger partial charge < -0.3 is 9.73 Å². The molecule has 20 heavy (non-hydrogen) atoms.